The van der Waals surface area contributed by atoms with Gasteiger partial charge in [-0.15, -0.1) is 0 Å². The summed E-state index contributed by atoms with van der Waals surface area (Å²) in [7, 11) is 0. The van der Waals surface area contributed by atoms with E-state index in [4.69, 9.17) is 11.6 Å². The van der Waals surface area contributed by atoms with E-state index in [1.54, 1.807) is 0 Å². The van der Waals surface area contributed by atoms with E-state index < -0.39 is 0 Å². The fourth-order valence-corrected chi connectivity index (χ4v) is 3.77. The van der Waals surface area contributed by atoms with Crippen LogP contribution < -0.4 is 0 Å². The van der Waals surface area contributed by atoms with E-state index in [1.165, 1.54) is 29.8 Å². The van der Waals surface area contributed by atoms with Crippen LogP contribution in [-0.2, 0) is 24.1 Å². The van der Waals surface area contributed by atoms with Crippen molar-refractivity contribution in [2.45, 2.75) is 44.4 Å². The van der Waals surface area contributed by atoms with Crippen LogP contribution in [0, 0.1) is 0 Å². The average Bonchev–Trinajstić information content (AvgIpc) is 3.38. The Balaban J connectivity index is 1.36. The first-order chi connectivity index (χ1) is 11.7. The van der Waals surface area contributed by atoms with E-state index in [-0.39, 0.29) is 5.91 Å². The first-order valence-corrected chi connectivity index (χ1v) is 9.17. The van der Waals surface area contributed by atoms with Crippen molar-refractivity contribution in [1.82, 2.24) is 15.1 Å². The number of benzene rings is 1. The Hall–Kier alpha value is -1.81. The summed E-state index contributed by atoms with van der Waals surface area (Å²) in [5.74, 6) is 0.899. The van der Waals surface area contributed by atoms with Gasteiger partial charge in [-0.2, -0.15) is 5.10 Å². The Morgan fingerprint density at radius 3 is 2.92 bits per heavy atom. The second-order valence-corrected chi connectivity index (χ2v) is 7.29. The van der Waals surface area contributed by atoms with Crippen LogP contribution in [0.4, 0.5) is 0 Å². The fourth-order valence-electron chi connectivity index (χ4n) is 3.55. The van der Waals surface area contributed by atoms with Crippen LogP contribution in [0.3, 0.4) is 0 Å². The monoisotopic (exact) mass is 343 g/mol. The molecular formula is C19H22ClN3O. The summed E-state index contributed by atoms with van der Waals surface area (Å²) in [5, 5.41) is 8.45. The van der Waals surface area contributed by atoms with Crippen LogP contribution >= 0.6 is 11.6 Å². The molecule has 1 saturated carbocycles. The van der Waals surface area contributed by atoms with Gasteiger partial charge >= 0.3 is 0 Å². The van der Waals surface area contributed by atoms with E-state index in [1.807, 2.05) is 29.2 Å². The van der Waals surface area contributed by atoms with Crippen LogP contribution in [0.15, 0.2) is 24.3 Å². The number of hydrogen-bond acceptors (Lipinski definition) is 2. The molecule has 2 aliphatic rings. The first kappa shape index (κ1) is 15.7. The molecule has 0 saturated heterocycles. The van der Waals surface area contributed by atoms with Gasteiger partial charge < -0.3 is 4.90 Å². The molecule has 5 heteroatoms. The molecule has 1 aromatic carbocycles. The summed E-state index contributed by atoms with van der Waals surface area (Å²) in [6, 6.07) is 7.77. The molecule has 4 nitrogen and oxygen atoms in total. The Morgan fingerprint density at radius 1 is 1.29 bits per heavy atom. The van der Waals surface area contributed by atoms with Crippen LogP contribution in [-0.4, -0.2) is 34.1 Å². The predicted octanol–water partition coefficient (Wildman–Crippen LogP) is 3.50. The van der Waals surface area contributed by atoms with Crippen molar-refractivity contribution < 1.29 is 4.79 Å². The quantitative estimate of drug-likeness (QED) is 0.923. The summed E-state index contributed by atoms with van der Waals surface area (Å²) in [6.07, 6.45) is 5.63. The first-order valence-electron chi connectivity index (χ1n) is 8.79. The molecular weight excluding hydrogens is 322 g/mol. The van der Waals surface area contributed by atoms with Crippen molar-refractivity contribution in [3.8, 4) is 0 Å². The van der Waals surface area contributed by atoms with Gasteiger partial charge in [0.05, 0.1) is 5.69 Å². The Labute approximate surface area is 147 Å². The van der Waals surface area contributed by atoms with E-state index in [0.717, 1.165) is 42.9 Å². The summed E-state index contributed by atoms with van der Waals surface area (Å²) < 4.78 is 0. The minimum Gasteiger partial charge on any atom is -0.342 e. The topological polar surface area (TPSA) is 49.0 Å². The molecule has 1 aliphatic carbocycles. The number of nitrogens with zero attached hydrogens (tertiary/aromatic N) is 2. The van der Waals surface area contributed by atoms with E-state index in [0.29, 0.717) is 12.3 Å². The van der Waals surface area contributed by atoms with Crippen LogP contribution in [0.5, 0.6) is 0 Å². The number of aromatic amines is 1. The molecule has 4 rings (SSSR count). The van der Waals surface area contributed by atoms with Crippen molar-refractivity contribution >= 4 is 17.5 Å². The lowest BCUT2D eigenvalue weighted by Gasteiger charge is -2.20. The maximum atomic E-state index is 12.6. The molecule has 2 heterocycles. The Bertz CT molecular complexity index is 751. The van der Waals surface area contributed by atoms with Gasteiger partial charge in [-0.05, 0) is 48.9 Å². The molecule has 2 aromatic rings. The summed E-state index contributed by atoms with van der Waals surface area (Å²) in [4.78, 5) is 14.6. The highest BCUT2D eigenvalue weighted by molar-refractivity contribution is 6.30. The number of aromatic nitrogens is 2. The maximum absolute atomic E-state index is 12.6. The van der Waals surface area contributed by atoms with Crippen molar-refractivity contribution in [3.05, 3.63) is 51.8 Å². The number of nitrogens with one attached hydrogen (secondary N) is 1. The molecule has 1 fully saturated rings. The van der Waals surface area contributed by atoms with Gasteiger partial charge in [0.1, 0.15) is 0 Å². The zero-order valence-electron chi connectivity index (χ0n) is 13.7. The average molecular weight is 344 g/mol. The van der Waals surface area contributed by atoms with Gasteiger partial charge in [0.2, 0.25) is 5.91 Å². The number of amides is 1. The van der Waals surface area contributed by atoms with Crippen molar-refractivity contribution in [1.29, 1.82) is 0 Å². The van der Waals surface area contributed by atoms with Gasteiger partial charge in [0.15, 0.2) is 0 Å². The molecule has 126 valence electrons. The van der Waals surface area contributed by atoms with Crippen LogP contribution in [0.1, 0.15) is 47.7 Å². The predicted molar refractivity (Wildman–Crippen MR) is 94.3 cm³/mol. The number of hydrogen-bond donors (Lipinski definition) is 1. The molecule has 1 aromatic heterocycles. The molecule has 1 amide bonds. The van der Waals surface area contributed by atoms with Crippen molar-refractivity contribution in [2.24, 2.45) is 0 Å². The number of rotatable bonds is 4. The minimum absolute atomic E-state index is 0.237. The van der Waals surface area contributed by atoms with E-state index in [2.05, 4.69) is 10.2 Å². The number of halogens is 1. The van der Waals surface area contributed by atoms with Crippen LogP contribution in [0.2, 0.25) is 5.02 Å². The van der Waals surface area contributed by atoms with Gasteiger partial charge in [-0.3, -0.25) is 9.89 Å². The largest absolute Gasteiger partial charge is 0.342 e. The van der Waals surface area contributed by atoms with Gasteiger partial charge in [0.25, 0.3) is 0 Å². The zero-order valence-corrected chi connectivity index (χ0v) is 14.5. The lowest BCUT2D eigenvalue weighted by Crippen LogP contribution is -2.33. The summed E-state index contributed by atoms with van der Waals surface area (Å²) in [5.41, 5.74) is 5.00. The molecule has 1 N–H and O–H groups in total. The Kier molecular flexibility index (Phi) is 4.31. The fraction of sp³-hybridized carbons (Fsp3) is 0.474. The standard InChI is InChI=1S/C19H22ClN3O/c20-15-3-1-2-13(12-15)4-7-18(24)23-10-8-16-17(9-11-23)21-22-19(16)14-5-6-14/h1-3,12,14H,4-11H2,(H,21,22). The molecule has 0 unspecified atom stereocenters. The van der Waals surface area contributed by atoms with Crippen molar-refractivity contribution in [3.63, 3.8) is 0 Å². The third kappa shape index (κ3) is 3.34. The SMILES string of the molecule is O=C(CCc1cccc(Cl)c1)N1CCc2[nH]nc(C3CC3)c2CC1. The number of aryl methyl sites for hydroxylation is 1. The van der Waals surface area contributed by atoms with Gasteiger partial charge in [-0.25, -0.2) is 0 Å². The highest BCUT2D eigenvalue weighted by Gasteiger charge is 2.31. The third-order valence-electron chi connectivity index (χ3n) is 5.08. The molecule has 0 radical (unpaired) electrons. The number of fused-ring (bicyclic) bond motifs is 1. The van der Waals surface area contributed by atoms with Gasteiger partial charge in [-0.1, -0.05) is 23.7 Å². The minimum atomic E-state index is 0.237. The molecule has 0 bridgehead atoms. The Morgan fingerprint density at radius 2 is 2.12 bits per heavy atom. The van der Waals surface area contributed by atoms with Gasteiger partial charge in [0, 0.05) is 42.6 Å². The lowest BCUT2D eigenvalue weighted by atomic mass is 10.1. The summed E-state index contributed by atoms with van der Waals surface area (Å²) in [6.45, 7) is 1.59. The van der Waals surface area contributed by atoms with Crippen LogP contribution in [0.25, 0.3) is 0 Å². The third-order valence-corrected chi connectivity index (χ3v) is 5.32. The highest BCUT2D eigenvalue weighted by Crippen LogP contribution is 2.41. The van der Waals surface area contributed by atoms with E-state index >= 15 is 0 Å². The second-order valence-electron chi connectivity index (χ2n) is 6.85. The molecule has 1 aliphatic heterocycles. The zero-order chi connectivity index (χ0) is 16.5. The normalized spacial score (nSPS) is 17.5. The number of carbonyl (C=O) groups is 1. The smallest absolute Gasteiger partial charge is 0.222 e. The molecule has 24 heavy (non-hydrogen) atoms. The summed E-state index contributed by atoms with van der Waals surface area (Å²) >= 11 is 6.01. The highest BCUT2D eigenvalue weighted by atomic mass is 35.5. The van der Waals surface area contributed by atoms with E-state index in [9.17, 15) is 4.79 Å². The second kappa shape index (κ2) is 6.60. The maximum Gasteiger partial charge on any atom is 0.222 e. The van der Waals surface area contributed by atoms with Crippen molar-refractivity contribution in [2.75, 3.05) is 13.1 Å². The number of carbonyl (C=O) groups excluding carboxylic acids is 1. The molecule has 0 atom stereocenters. The lowest BCUT2D eigenvalue weighted by molar-refractivity contribution is -0.131. The molecule has 0 spiro atoms. The number of H-pyrrole nitrogens is 1.